The summed E-state index contributed by atoms with van der Waals surface area (Å²) in [5.74, 6) is 0.133. The molecule has 1 aromatic heterocycles. The normalized spacial score (nSPS) is 13.9. The second-order valence-electron chi connectivity index (χ2n) is 3.92. The SMILES string of the molecule is CCCC(C)(Nc1ncc(I)cn1)C(=O)OC. The first-order valence-electron chi connectivity index (χ1n) is 5.36. The fourth-order valence-electron chi connectivity index (χ4n) is 1.56. The maximum atomic E-state index is 11.8. The van der Waals surface area contributed by atoms with Gasteiger partial charge in [-0.3, -0.25) is 0 Å². The van der Waals surface area contributed by atoms with E-state index in [1.807, 2.05) is 6.92 Å². The van der Waals surface area contributed by atoms with Gasteiger partial charge in [-0.15, -0.1) is 0 Å². The number of rotatable bonds is 5. The number of carbonyl (C=O) groups excluding carboxylic acids is 1. The van der Waals surface area contributed by atoms with Gasteiger partial charge in [0.05, 0.1) is 7.11 Å². The van der Waals surface area contributed by atoms with Crippen molar-refractivity contribution >= 4 is 34.5 Å². The lowest BCUT2D eigenvalue weighted by Crippen LogP contribution is -2.44. The average molecular weight is 349 g/mol. The van der Waals surface area contributed by atoms with Gasteiger partial charge in [0.1, 0.15) is 5.54 Å². The summed E-state index contributed by atoms with van der Waals surface area (Å²) in [6, 6.07) is 0. The lowest BCUT2D eigenvalue weighted by atomic mass is 9.96. The van der Waals surface area contributed by atoms with Crippen LogP contribution in [0.15, 0.2) is 12.4 Å². The number of halogens is 1. The molecule has 0 aliphatic rings. The van der Waals surface area contributed by atoms with Crippen molar-refractivity contribution in [2.24, 2.45) is 0 Å². The lowest BCUT2D eigenvalue weighted by Gasteiger charge is -2.27. The van der Waals surface area contributed by atoms with Crippen molar-refractivity contribution in [3.8, 4) is 0 Å². The van der Waals surface area contributed by atoms with Crippen molar-refractivity contribution in [1.29, 1.82) is 0 Å². The molecule has 0 saturated carbocycles. The zero-order chi connectivity index (χ0) is 12.9. The Morgan fingerprint density at radius 2 is 2.12 bits per heavy atom. The summed E-state index contributed by atoms with van der Waals surface area (Å²) in [5.41, 5.74) is -0.781. The van der Waals surface area contributed by atoms with Crippen LogP contribution in [-0.4, -0.2) is 28.6 Å². The Hall–Kier alpha value is -0.920. The van der Waals surface area contributed by atoms with Crippen LogP contribution in [0.2, 0.25) is 0 Å². The molecule has 5 nitrogen and oxygen atoms in total. The highest BCUT2D eigenvalue weighted by atomic mass is 127. The molecule has 0 amide bonds. The number of hydrogen-bond acceptors (Lipinski definition) is 5. The van der Waals surface area contributed by atoms with Crippen LogP contribution in [0, 0.1) is 3.57 Å². The molecule has 94 valence electrons. The molecule has 1 aromatic rings. The second kappa shape index (κ2) is 6.13. The van der Waals surface area contributed by atoms with Crippen LogP contribution < -0.4 is 5.32 Å². The molecule has 0 aromatic carbocycles. The Balaban J connectivity index is 2.86. The fraction of sp³-hybridized carbons (Fsp3) is 0.545. The summed E-state index contributed by atoms with van der Waals surface area (Å²) in [4.78, 5) is 20.0. The number of anilines is 1. The van der Waals surface area contributed by atoms with Gasteiger partial charge in [-0.1, -0.05) is 13.3 Å². The van der Waals surface area contributed by atoms with E-state index in [1.165, 1.54) is 7.11 Å². The summed E-state index contributed by atoms with van der Waals surface area (Å²) in [6.45, 7) is 3.81. The van der Waals surface area contributed by atoms with E-state index in [-0.39, 0.29) is 5.97 Å². The van der Waals surface area contributed by atoms with Gasteiger partial charge >= 0.3 is 5.97 Å². The third-order valence-corrected chi connectivity index (χ3v) is 2.95. The standard InChI is InChI=1S/C11H16IN3O2/c1-4-5-11(2,9(16)17-3)15-10-13-6-8(12)7-14-10/h6-7H,4-5H2,1-3H3,(H,13,14,15). The van der Waals surface area contributed by atoms with Crippen LogP contribution >= 0.6 is 22.6 Å². The predicted molar refractivity (Wildman–Crippen MR) is 73.7 cm³/mol. The van der Waals surface area contributed by atoms with Crippen molar-refractivity contribution in [2.45, 2.75) is 32.2 Å². The molecule has 0 saturated heterocycles. The zero-order valence-corrected chi connectivity index (χ0v) is 12.3. The van der Waals surface area contributed by atoms with Crippen molar-refractivity contribution < 1.29 is 9.53 Å². The first-order chi connectivity index (χ1) is 8.01. The molecule has 1 heterocycles. The third-order valence-electron chi connectivity index (χ3n) is 2.39. The minimum atomic E-state index is -0.781. The zero-order valence-electron chi connectivity index (χ0n) is 10.2. The number of nitrogens with zero attached hydrogens (tertiary/aromatic N) is 2. The van der Waals surface area contributed by atoms with Gasteiger partial charge in [0.25, 0.3) is 0 Å². The van der Waals surface area contributed by atoms with Crippen LogP contribution in [0.4, 0.5) is 5.95 Å². The Kier molecular flexibility index (Phi) is 5.10. The molecule has 1 rings (SSSR count). The van der Waals surface area contributed by atoms with E-state index in [0.29, 0.717) is 12.4 Å². The highest BCUT2D eigenvalue weighted by molar-refractivity contribution is 14.1. The Morgan fingerprint density at radius 1 is 1.53 bits per heavy atom. The van der Waals surface area contributed by atoms with Crippen LogP contribution in [0.5, 0.6) is 0 Å². The van der Waals surface area contributed by atoms with E-state index in [4.69, 9.17) is 4.74 Å². The van der Waals surface area contributed by atoms with Gasteiger partial charge in [0, 0.05) is 16.0 Å². The largest absolute Gasteiger partial charge is 0.467 e. The van der Waals surface area contributed by atoms with Gasteiger partial charge in [0.2, 0.25) is 5.95 Å². The molecule has 1 atom stereocenters. The Labute approximate surface area is 115 Å². The molecule has 17 heavy (non-hydrogen) atoms. The first-order valence-corrected chi connectivity index (χ1v) is 6.44. The monoisotopic (exact) mass is 349 g/mol. The summed E-state index contributed by atoms with van der Waals surface area (Å²) in [5, 5.41) is 3.03. The number of aromatic nitrogens is 2. The summed E-state index contributed by atoms with van der Waals surface area (Å²) >= 11 is 2.13. The summed E-state index contributed by atoms with van der Waals surface area (Å²) in [7, 11) is 1.38. The molecule has 0 radical (unpaired) electrons. The molecule has 1 N–H and O–H groups in total. The minimum Gasteiger partial charge on any atom is -0.467 e. The van der Waals surface area contributed by atoms with E-state index in [0.717, 1.165) is 9.99 Å². The van der Waals surface area contributed by atoms with Gasteiger partial charge in [-0.25, -0.2) is 14.8 Å². The van der Waals surface area contributed by atoms with E-state index in [2.05, 4.69) is 37.9 Å². The average Bonchev–Trinajstić information content (AvgIpc) is 2.31. The number of carbonyl (C=O) groups is 1. The lowest BCUT2D eigenvalue weighted by molar-refractivity contribution is -0.145. The number of hydrogen-bond donors (Lipinski definition) is 1. The van der Waals surface area contributed by atoms with Crippen molar-refractivity contribution in [3.05, 3.63) is 16.0 Å². The van der Waals surface area contributed by atoms with Gasteiger partial charge in [-0.2, -0.15) is 0 Å². The smallest absolute Gasteiger partial charge is 0.331 e. The van der Waals surface area contributed by atoms with Gasteiger partial charge in [-0.05, 0) is 35.9 Å². The molecular weight excluding hydrogens is 333 g/mol. The Morgan fingerprint density at radius 3 is 2.59 bits per heavy atom. The number of methoxy groups -OCH3 is 1. The molecular formula is C11H16IN3O2. The van der Waals surface area contributed by atoms with E-state index >= 15 is 0 Å². The number of ether oxygens (including phenoxy) is 1. The molecule has 0 bridgehead atoms. The molecule has 0 aliphatic heterocycles. The highest BCUT2D eigenvalue weighted by Gasteiger charge is 2.34. The van der Waals surface area contributed by atoms with Crippen molar-refractivity contribution in [3.63, 3.8) is 0 Å². The van der Waals surface area contributed by atoms with E-state index < -0.39 is 5.54 Å². The van der Waals surface area contributed by atoms with Crippen molar-refractivity contribution in [2.75, 3.05) is 12.4 Å². The summed E-state index contributed by atoms with van der Waals surface area (Å²) < 4.78 is 5.75. The van der Waals surface area contributed by atoms with E-state index in [9.17, 15) is 4.79 Å². The number of nitrogens with one attached hydrogen (secondary N) is 1. The second-order valence-corrected chi connectivity index (χ2v) is 5.17. The maximum Gasteiger partial charge on any atom is 0.331 e. The maximum absolute atomic E-state index is 11.8. The molecule has 1 unspecified atom stereocenters. The van der Waals surface area contributed by atoms with Crippen molar-refractivity contribution in [1.82, 2.24) is 9.97 Å². The quantitative estimate of drug-likeness (QED) is 0.652. The topological polar surface area (TPSA) is 64.1 Å². The van der Waals surface area contributed by atoms with Crippen LogP contribution in [0.1, 0.15) is 26.7 Å². The van der Waals surface area contributed by atoms with Gasteiger partial charge < -0.3 is 10.1 Å². The molecule has 0 aliphatic carbocycles. The molecule has 0 fully saturated rings. The predicted octanol–water partition coefficient (Wildman–Crippen LogP) is 2.22. The fourth-order valence-corrected chi connectivity index (χ4v) is 1.84. The molecule has 0 spiro atoms. The first kappa shape index (κ1) is 14.1. The number of esters is 1. The Bertz CT molecular complexity index is 383. The van der Waals surface area contributed by atoms with Crippen LogP contribution in [0.3, 0.4) is 0 Å². The molecule has 6 heteroatoms. The highest BCUT2D eigenvalue weighted by Crippen LogP contribution is 2.19. The van der Waals surface area contributed by atoms with Crippen LogP contribution in [0.25, 0.3) is 0 Å². The third kappa shape index (κ3) is 3.79. The minimum absolute atomic E-state index is 0.304. The summed E-state index contributed by atoms with van der Waals surface area (Å²) in [6.07, 6.45) is 4.91. The van der Waals surface area contributed by atoms with E-state index in [1.54, 1.807) is 19.3 Å². The van der Waals surface area contributed by atoms with Crippen LogP contribution in [-0.2, 0) is 9.53 Å². The van der Waals surface area contributed by atoms with Gasteiger partial charge in [0.15, 0.2) is 0 Å².